The highest BCUT2D eigenvalue weighted by Gasteiger charge is 2.39. The van der Waals surface area contributed by atoms with E-state index in [4.69, 9.17) is 16.6 Å². The van der Waals surface area contributed by atoms with Crippen molar-refractivity contribution in [3.05, 3.63) is 75.6 Å². The molecule has 0 saturated carbocycles. The Morgan fingerprint density at radius 1 is 0.939 bits per heavy atom. The smallest absolute Gasteiger partial charge is 0.269 e. The zero-order valence-corrected chi connectivity index (χ0v) is 20.9. The molecule has 0 aliphatic carbocycles. The third-order valence-corrected chi connectivity index (χ3v) is 8.34. The van der Waals surface area contributed by atoms with Crippen molar-refractivity contribution in [3.63, 3.8) is 0 Å². The lowest BCUT2D eigenvalue weighted by molar-refractivity contribution is -0.122. The molecule has 0 spiro atoms. The molecule has 4 nitrogen and oxygen atoms in total. The molecule has 0 aromatic heterocycles. The molecule has 5 rings (SSSR count). The average molecular weight is 494 g/mol. The van der Waals surface area contributed by atoms with E-state index in [0.29, 0.717) is 11.6 Å². The van der Waals surface area contributed by atoms with Gasteiger partial charge >= 0.3 is 0 Å². The number of fused-ring (bicyclic) bond motifs is 2. The Labute approximate surface area is 207 Å². The van der Waals surface area contributed by atoms with Crippen LogP contribution in [0.25, 0.3) is 10.8 Å². The highest BCUT2D eigenvalue weighted by atomic mass is 35.5. The van der Waals surface area contributed by atoms with Crippen molar-refractivity contribution in [3.8, 4) is 0 Å². The Morgan fingerprint density at radius 2 is 1.76 bits per heavy atom. The lowest BCUT2D eigenvalue weighted by Crippen LogP contribution is -2.30. The molecule has 7 heteroatoms. The van der Waals surface area contributed by atoms with Crippen LogP contribution in [0.1, 0.15) is 26.7 Å². The standard InChI is InChI=1S/C26H24ClN3OS2/c1-3-5-14-30-24(31)23(25-29(4-2)21-16-19(27)11-13-22(21)32-25)33-26(30)28-20-12-10-17-8-6-7-9-18(17)15-20/h6-13,15-16H,3-5,14H2,1-2H3/b25-23-,28-26?. The predicted molar refractivity (Wildman–Crippen MR) is 143 cm³/mol. The number of amidine groups is 1. The molecule has 1 fully saturated rings. The van der Waals surface area contributed by atoms with Gasteiger partial charge in [0.2, 0.25) is 0 Å². The van der Waals surface area contributed by atoms with Crippen LogP contribution in [0.15, 0.2) is 80.5 Å². The summed E-state index contributed by atoms with van der Waals surface area (Å²) in [7, 11) is 0. The van der Waals surface area contributed by atoms with Crippen LogP contribution >= 0.6 is 35.1 Å². The van der Waals surface area contributed by atoms with Crippen molar-refractivity contribution >= 4 is 68.3 Å². The maximum atomic E-state index is 13.6. The Kier molecular flexibility index (Phi) is 6.41. The molecule has 0 atom stereocenters. The zero-order valence-electron chi connectivity index (χ0n) is 18.5. The number of hydrogen-bond acceptors (Lipinski definition) is 5. The Balaban J connectivity index is 1.55. The normalized spacial score (nSPS) is 19.2. The summed E-state index contributed by atoms with van der Waals surface area (Å²) >= 11 is 9.38. The van der Waals surface area contributed by atoms with E-state index in [1.54, 1.807) is 11.8 Å². The summed E-state index contributed by atoms with van der Waals surface area (Å²) in [4.78, 5) is 24.4. The molecular formula is C26H24ClN3OS2. The fourth-order valence-corrected chi connectivity index (χ4v) is 6.59. The first kappa shape index (κ1) is 22.4. The molecule has 0 unspecified atom stereocenters. The number of thioether (sulfide) groups is 2. The number of anilines is 1. The molecule has 1 amide bonds. The zero-order chi connectivity index (χ0) is 22.9. The minimum atomic E-state index is 0.0350. The molecule has 168 valence electrons. The minimum absolute atomic E-state index is 0.0350. The van der Waals surface area contributed by atoms with Crippen LogP contribution in [-0.2, 0) is 4.79 Å². The van der Waals surface area contributed by atoms with Gasteiger partial charge in [-0.05, 0) is 66.2 Å². The third kappa shape index (κ3) is 4.27. The number of carbonyl (C=O) groups excluding carboxylic acids is 1. The summed E-state index contributed by atoms with van der Waals surface area (Å²) in [5.74, 6) is 0.0350. The second-order valence-corrected chi connectivity index (χ2v) is 10.4. The monoisotopic (exact) mass is 493 g/mol. The van der Waals surface area contributed by atoms with Crippen LogP contribution in [0, 0.1) is 0 Å². The molecule has 3 aromatic carbocycles. The highest BCUT2D eigenvalue weighted by molar-refractivity contribution is 8.19. The Bertz CT molecular complexity index is 1300. The quantitative estimate of drug-likeness (QED) is 0.342. The first-order chi connectivity index (χ1) is 16.1. The van der Waals surface area contributed by atoms with E-state index in [1.165, 1.54) is 17.1 Å². The number of hydrogen-bond donors (Lipinski definition) is 0. The number of carbonyl (C=O) groups is 1. The summed E-state index contributed by atoms with van der Waals surface area (Å²) in [6.45, 7) is 5.67. The first-order valence-electron chi connectivity index (χ1n) is 11.2. The van der Waals surface area contributed by atoms with Gasteiger partial charge in [0.15, 0.2) is 5.17 Å². The number of rotatable bonds is 5. The van der Waals surface area contributed by atoms with Crippen molar-refractivity contribution in [1.29, 1.82) is 0 Å². The SMILES string of the molecule is CCCCN1C(=O)/C(=C2/Sc3ccc(Cl)cc3N2CC)SC1=Nc1ccc2ccccc2c1. The molecule has 0 radical (unpaired) electrons. The van der Waals surface area contributed by atoms with Gasteiger partial charge < -0.3 is 4.90 Å². The lowest BCUT2D eigenvalue weighted by Gasteiger charge is -2.19. The van der Waals surface area contributed by atoms with Gasteiger partial charge in [-0.2, -0.15) is 0 Å². The van der Waals surface area contributed by atoms with Crippen molar-refractivity contribution < 1.29 is 4.79 Å². The number of halogens is 1. The van der Waals surface area contributed by atoms with Crippen molar-refractivity contribution in [1.82, 2.24) is 4.90 Å². The molecule has 3 aromatic rings. The van der Waals surface area contributed by atoms with Gasteiger partial charge in [-0.3, -0.25) is 9.69 Å². The number of nitrogens with zero attached hydrogens (tertiary/aromatic N) is 3. The number of amides is 1. The van der Waals surface area contributed by atoms with E-state index in [9.17, 15) is 4.79 Å². The Hall–Kier alpha value is -2.41. The van der Waals surface area contributed by atoms with Crippen LogP contribution in [0.4, 0.5) is 11.4 Å². The van der Waals surface area contributed by atoms with Crippen molar-refractivity contribution in [2.24, 2.45) is 4.99 Å². The molecule has 33 heavy (non-hydrogen) atoms. The molecule has 0 bridgehead atoms. The van der Waals surface area contributed by atoms with E-state index in [0.717, 1.165) is 56.1 Å². The van der Waals surface area contributed by atoms with Gasteiger partial charge in [-0.15, -0.1) is 0 Å². The van der Waals surface area contributed by atoms with E-state index >= 15 is 0 Å². The van der Waals surface area contributed by atoms with E-state index in [2.05, 4.69) is 43.0 Å². The van der Waals surface area contributed by atoms with Gasteiger partial charge in [0, 0.05) is 23.0 Å². The molecule has 2 aliphatic heterocycles. The molecular weight excluding hydrogens is 470 g/mol. The fraction of sp³-hybridized carbons (Fsp3) is 0.231. The lowest BCUT2D eigenvalue weighted by atomic mass is 10.1. The van der Waals surface area contributed by atoms with E-state index in [1.807, 2.05) is 41.3 Å². The van der Waals surface area contributed by atoms with Crippen LogP contribution in [0.3, 0.4) is 0 Å². The summed E-state index contributed by atoms with van der Waals surface area (Å²) in [6, 6.07) is 20.3. The number of aliphatic imine (C=N–C) groups is 1. The second kappa shape index (κ2) is 9.45. The fourth-order valence-electron chi connectivity index (χ4n) is 4.03. The summed E-state index contributed by atoms with van der Waals surface area (Å²) in [5, 5.41) is 4.74. The molecule has 2 heterocycles. The van der Waals surface area contributed by atoms with Crippen LogP contribution < -0.4 is 4.90 Å². The highest BCUT2D eigenvalue weighted by Crippen LogP contribution is 2.51. The molecule has 0 N–H and O–H groups in total. The molecule has 1 saturated heterocycles. The van der Waals surface area contributed by atoms with Gasteiger partial charge in [-0.1, -0.05) is 67.0 Å². The first-order valence-corrected chi connectivity index (χ1v) is 13.2. The van der Waals surface area contributed by atoms with Crippen LogP contribution in [0.5, 0.6) is 0 Å². The maximum Gasteiger partial charge on any atom is 0.269 e. The number of unbranched alkanes of at least 4 members (excludes halogenated alkanes) is 1. The minimum Gasteiger partial charge on any atom is -0.334 e. The second-order valence-electron chi connectivity index (χ2n) is 7.93. The summed E-state index contributed by atoms with van der Waals surface area (Å²) < 4.78 is 0. The van der Waals surface area contributed by atoms with Gasteiger partial charge in [0.25, 0.3) is 5.91 Å². The topological polar surface area (TPSA) is 35.9 Å². The van der Waals surface area contributed by atoms with Crippen LogP contribution in [0.2, 0.25) is 5.02 Å². The Morgan fingerprint density at radius 3 is 2.55 bits per heavy atom. The van der Waals surface area contributed by atoms with Gasteiger partial charge in [0.05, 0.1) is 11.4 Å². The van der Waals surface area contributed by atoms with E-state index < -0.39 is 0 Å². The van der Waals surface area contributed by atoms with Crippen molar-refractivity contribution in [2.75, 3.05) is 18.0 Å². The largest absolute Gasteiger partial charge is 0.334 e. The summed E-state index contributed by atoms with van der Waals surface area (Å²) in [6.07, 6.45) is 1.95. The number of benzene rings is 3. The maximum absolute atomic E-state index is 13.6. The van der Waals surface area contributed by atoms with E-state index in [-0.39, 0.29) is 5.91 Å². The van der Waals surface area contributed by atoms with Gasteiger partial charge in [-0.25, -0.2) is 4.99 Å². The van der Waals surface area contributed by atoms with Crippen molar-refractivity contribution in [2.45, 2.75) is 31.6 Å². The molecule has 2 aliphatic rings. The van der Waals surface area contributed by atoms with Gasteiger partial charge in [0.1, 0.15) is 9.93 Å². The average Bonchev–Trinajstić information content (AvgIpc) is 3.33. The van der Waals surface area contributed by atoms with Crippen LogP contribution in [-0.4, -0.2) is 29.1 Å². The third-order valence-electron chi connectivity index (χ3n) is 5.73. The summed E-state index contributed by atoms with van der Waals surface area (Å²) in [5.41, 5.74) is 1.92. The predicted octanol–water partition coefficient (Wildman–Crippen LogP) is 7.66.